The summed E-state index contributed by atoms with van der Waals surface area (Å²) in [6.07, 6.45) is 0.842. The van der Waals surface area contributed by atoms with Gasteiger partial charge in [-0.3, -0.25) is 4.79 Å². The summed E-state index contributed by atoms with van der Waals surface area (Å²) < 4.78 is 26.5. The molecule has 2 rings (SSSR count). The van der Waals surface area contributed by atoms with Crippen LogP contribution in [0.3, 0.4) is 0 Å². The number of aliphatic carboxylic acids is 1. The van der Waals surface area contributed by atoms with Crippen molar-refractivity contribution in [3.05, 3.63) is 29.3 Å². The molecule has 0 bridgehead atoms. The summed E-state index contributed by atoms with van der Waals surface area (Å²) in [5.41, 5.74) is 0. The number of urea groups is 1. The minimum atomic E-state index is -3.69. The molecule has 0 saturated carbocycles. The smallest absolute Gasteiger partial charge is 0.317 e. The molecule has 1 saturated heterocycles. The van der Waals surface area contributed by atoms with Gasteiger partial charge in [-0.05, 0) is 31.0 Å². The molecule has 0 unspecified atom stereocenters. The van der Waals surface area contributed by atoms with Crippen molar-refractivity contribution >= 4 is 33.6 Å². The van der Waals surface area contributed by atoms with Gasteiger partial charge in [0.1, 0.15) is 0 Å². The Morgan fingerprint density at radius 3 is 2.52 bits per heavy atom. The summed E-state index contributed by atoms with van der Waals surface area (Å²) in [4.78, 5) is 24.5. The average molecular weight is 390 g/mol. The van der Waals surface area contributed by atoms with Gasteiger partial charge in [0.05, 0.1) is 10.8 Å². The molecular weight excluding hydrogens is 370 g/mol. The molecule has 0 spiro atoms. The molecule has 1 heterocycles. The Labute approximate surface area is 151 Å². The monoisotopic (exact) mass is 389 g/mol. The first kappa shape index (κ1) is 19.5. The molecule has 0 aliphatic carbocycles. The molecule has 0 aromatic heterocycles. The highest BCUT2D eigenvalue weighted by atomic mass is 35.5. The van der Waals surface area contributed by atoms with E-state index >= 15 is 0 Å². The summed E-state index contributed by atoms with van der Waals surface area (Å²) >= 11 is 5.78. The number of benzene rings is 1. The van der Waals surface area contributed by atoms with Crippen molar-refractivity contribution in [2.45, 2.75) is 17.7 Å². The van der Waals surface area contributed by atoms with Crippen LogP contribution in [0.1, 0.15) is 12.8 Å². The van der Waals surface area contributed by atoms with E-state index in [-0.39, 0.29) is 24.0 Å². The Hall–Kier alpha value is -1.84. The highest BCUT2D eigenvalue weighted by Crippen LogP contribution is 2.17. The summed E-state index contributed by atoms with van der Waals surface area (Å²) in [6, 6.07) is 5.56. The van der Waals surface area contributed by atoms with Crippen LogP contribution < -0.4 is 10.0 Å². The van der Waals surface area contributed by atoms with Gasteiger partial charge in [-0.15, -0.1) is 0 Å². The van der Waals surface area contributed by atoms with E-state index < -0.39 is 21.9 Å². The first-order valence-electron chi connectivity index (χ1n) is 7.80. The van der Waals surface area contributed by atoms with Gasteiger partial charge < -0.3 is 15.3 Å². The van der Waals surface area contributed by atoms with E-state index in [1.54, 1.807) is 12.1 Å². The van der Waals surface area contributed by atoms with E-state index in [9.17, 15) is 18.0 Å². The zero-order valence-corrected chi connectivity index (χ0v) is 15.0. The Bertz CT molecular complexity index is 732. The molecule has 1 aliphatic rings. The molecule has 3 N–H and O–H groups in total. The van der Waals surface area contributed by atoms with Gasteiger partial charge in [-0.2, -0.15) is 0 Å². The second-order valence-electron chi connectivity index (χ2n) is 5.69. The van der Waals surface area contributed by atoms with Gasteiger partial charge >= 0.3 is 12.0 Å². The fourth-order valence-corrected chi connectivity index (χ4v) is 3.85. The zero-order chi connectivity index (χ0) is 18.4. The van der Waals surface area contributed by atoms with E-state index in [0.29, 0.717) is 31.0 Å². The van der Waals surface area contributed by atoms with E-state index in [0.717, 1.165) is 0 Å². The zero-order valence-electron chi connectivity index (χ0n) is 13.4. The summed E-state index contributed by atoms with van der Waals surface area (Å²) in [6.45, 7) is 0.901. The third-order valence-corrected chi connectivity index (χ3v) is 5.62. The molecule has 1 aliphatic heterocycles. The van der Waals surface area contributed by atoms with E-state index in [4.69, 9.17) is 16.7 Å². The van der Waals surface area contributed by atoms with Gasteiger partial charge in [0.25, 0.3) is 0 Å². The number of halogens is 1. The number of piperidine rings is 1. The minimum Gasteiger partial charge on any atom is -0.481 e. The summed E-state index contributed by atoms with van der Waals surface area (Å²) in [5.74, 6) is -1.25. The summed E-state index contributed by atoms with van der Waals surface area (Å²) in [7, 11) is -3.69. The first-order valence-corrected chi connectivity index (χ1v) is 9.66. The molecule has 25 heavy (non-hydrogen) atoms. The van der Waals surface area contributed by atoms with Crippen LogP contribution in [-0.2, 0) is 14.8 Å². The number of hydrogen-bond acceptors (Lipinski definition) is 4. The molecule has 1 aromatic carbocycles. The molecule has 8 nitrogen and oxygen atoms in total. The molecule has 1 fully saturated rings. The largest absolute Gasteiger partial charge is 0.481 e. The number of amides is 2. The number of carbonyl (C=O) groups is 2. The number of sulfonamides is 1. The number of hydrogen-bond donors (Lipinski definition) is 3. The van der Waals surface area contributed by atoms with Crippen LogP contribution in [0.25, 0.3) is 0 Å². The second kappa shape index (κ2) is 8.50. The first-order chi connectivity index (χ1) is 11.8. The van der Waals surface area contributed by atoms with Crippen LogP contribution in [0.4, 0.5) is 4.79 Å². The van der Waals surface area contributed by atoms with Crippen molar-refractivity contribution in [1.82, 2.24) is 14.9 Å². The number of rotatable bonds is 6. The van der Waals surface area contributed by atoms with E-state index in [1.165, 1.54) is 17.0 Å². The Balaban J connectivity index is 1.74. The lowest BCUT2D eigenvalue weighted by atomic mass is 9.97. The van der Waals surface area contributed by atoms with Gasteiger partial charge in [0.15, 0.2) is 0 Å². The van der Waals surface area contributed by atoms with Gasteiger partial charge in [-0.25, -0.2) is 17.9 Å². The predicted octanol–water partition coefficient (Wildman–Crippen LogP) is 1.12. The van der Waals surface area contributed by atoms with Crippen LogP contribution in [0, 0.1) is 5.92 Å². The van der Waals surface area contributed by atoms with Crippen LogP contribution in [0.2, 0.25) is 5.02 Å². The molecule has 0 atom stereocenters. The van der Waals surface area contributed by atoms with Crippen LogP contribution in [0.15, 0.2) is 29.2 Å². The fraction of sp³-hybridized carbons (Fsp3) is 0.467. The van der Waals surface area contributed by atoms with Crippen LogP contribution >= 0.6 is 11.6 Å². The maximum Gasteiger partial charge on any atom is 0.317 e. The Kier molecular flexibility index (Phi) is 6.63. The molecule has 138 valence electrons. The third kappa shape index (κ3) is 5.58. The lowest BCUT2D eigenvalue weighted by Gasteiger charge is -2.30. The number of carboxylic acids is 1. The molecule has 1 aromatic rings. The number of nitrogens with one attached hydrogen (secondary N) is 2. The maximum absolute atomic E-state index is 12.1. The lowest BCUT2D eigenvalue weighted by Crippen LogP contribution is -2.47. The third-order valence-electron chi connectivity index (χ3n) is 3.93. The van der Waals surface area contributed by atoms with Crippen LogP contribution in [0.5, 0.6) is 0 Å². The standard InChI is InChI=1S/C15H20ClN3O5S/c16-12-2-1-3-13(10-12)25(23,24)18-7-6-17-15(22)19-8-4-11(5-9-19)14(20)21/h1-3,10-11,18H,4-9H2,(H,17,22)(H,20,21). The van der Waals surface area contributed by atoms with E-state index in [2.05, 4.69) is 10.0 Å². The fourth-order valence-electron chi connectivity index (χ4n) is 2.51. The number of nitrogens with zero attached hydrogens (tertiary/aromatic N) is 1. The van der Waals surface area contributed by atoms with Gasteiger partial charge in [0.2, 0.25) is 10.0 Å². The number of likely N-dealkylation sites (tertiary alicyclic amines) is 1. The van der Waals surface area contributed by atoms with Gasteiger partial charge in [-0.1, -0.05) is 17.7 Å². The molecular formula is C15H20ClN3O5S. The maximum atomic E-state index is 12.1. The normalized spacial score (nSPS) is 15.8. The molecule has 0 radical (unpaired) electrons. The van der Waals surface area contributed by atoms with Gasteiger partial charge in [0, 0.05) is 31.2 Å². The topological polar surface area (TPSA) is 116 Å². The summed E-state index contributed by atoms with van der Waals surface area (Å²) in [5, 5.41) is 11.9. The quantitative estimate of drug-likeness (QED) is 0.630. The molecule has 2 amide bonds. The minimum absolute atomic E-state index is 0.0339. The Morgan fingerprint density at radius 2 is 1.92 bits per heavy atom. The Morgan fingerprint density at radius 1 is 1.24 bits per heavy atom. The van der Waals surface area contributed by atoms with Crippen molar-refractivity contribution in [2.75, 3.05) is 26.2 Å². The average Bonchev–Trinajstić information content (AvgIpc) is 2.58. The lowest BCUT2D eigenvalue weighted by molar-refractivity contribution is -0.143. The van der Waals surface area contributed by atoms with Crippen molar-refractivity contribution in [1.29, 1.82) is 0 Å². The van der Waals surface area contributed by atoms with Crippen molar-refractivity contribution < 1.29 is 23.1 Å². The van der Waals surface area contributed by atoms with Crippen molar-refractivity contribution in [2.24, 2.45) is 5.92 Å². The highest BCUT2D eigenvalue weighted by molar-refractivity contribution is 7.89. The number of carbonyl (C=O) groups excluding carboxylic acids is 1. The predicted molar refractivity (Wildman–Crippen MR) is 92.0 cm³/mol. The van der Waals surface area contributed by atoms with Crippen molar-refractivity contribution in [3.63, 3.8) is 0 Å². The van der Waals surface area contributed by atoms with Crippen molar-refractivity contribution in [3.8, 4) is 0 Å². The molecule has 10 heteroatoms. The van der Waals surface area contributed by atoms with Crippen LogP contribution in [-0.4, -0.2) is 56.6 Å². The van der Waals surface area contributed by atoms with E-state index in [1.807, 2.05) is 0 Å². The number of carboxylic acid groups (broad SMARTS) is 1. The SMILES string of the molecule is O=C(O)C1CCN(C(=O)NCCNS(=O)(=O)c2cccc(Cl)c2)CC1. The highest BCUT2D eigenvalue weighted by Gasteiger charge is 2.26. The second-order valence-corrected chi connectivity index (χ2v) is 7.89.